The van der Waals surface area contributed by atoms with E-state index in [4.69, 9.17) is 9.26 Å². The first-order valence-electron chi connectivity index (χ1n) is 5.78. The van der Waals surface area contributed by atoms with Crippen LogP contribution in [0.3, 0.4) is 0 Å². The molecule has 0 saturated carbocycles. The van der Waals surface area contributed by atoms with Crippen molar-refractivity contribution in [3.63, 3.8) is 0 Å². The van der Waals surface area contributed by atoms with Gasteiger partial charge in [-0.05, 0) is 19.1 Å². The second-order valence-electron chi connectivity index (χ2n) is 4.11. The van der Waals surface area contributed by atoms with Gasteiger partial charge in [0.1, 0.15) is 11.9 Å². The zero-order valence-electron chi connectivity index (χ0n) is 10.4. The number of benzene rings is 1. The SMILES string of the molecule is Cc1noc2cccc(Oc3ccc([N+](=O)[O-])cn3)c12. The van der Waals surface area contributed by atoms with Crippen molar-refractivity contribution in [3.8, 4) is 11.6 Å². The average molecular weight is 271 g/mol. The van der Waals surface area contributed by atoms with E-state index in [1.165, 1.54) is 12.1 Å². The predicted molar refractivity (Wildman–Crippen MR) is 69.7 cm³/mol. The van der Waals surface area contributed by atoms with Crippen molar-refractivity contribution >= 4 is 16.7 Å². The quantitative estimate of drug-likeness (QED) is 0.536. The maximum atomic E-state index is 10.6. The summed E-state index contributed by atoms with van der Waals surface area (Å²) in [5, 5.41) is 15.2. The number of aryl methyl sites for hydroxylation is 1. The Hall–Kier alpha value is -2.96. The zero-order valence-corrected chi connectivity index (χ0v) is 10.4. The molecule has 3 rings (SSSR count). The van der Waals surface area contributed by atoms with Crippen LogP contribution in [-0.2, 0) is 0 Å². The lowest BCUT2D eigenvalue weighted by atomic mass is 10.2. The van der Waals surface area contributed by atoms with Crippen LogP contribution in [0.25, 0.3) is 11.0 Å². The van der Waals surface area contributed by atoms with Gasteiger partial charge in [-0.3, -0.25) is 10.1 Å². The third-order valence-corrected chi connectivity index (χ3v) is 2.78. The van der Waals surface area contributed by atoms with E-state index in [1.807, 2.05) is 6.92 Å². The van der Waals surface area contributed by atoms with Crippen LogP contribution in [0.4, 0.5) is 5.69 Å². The van der Waals surface area contributed by atoms with E-state index in [0.717, 1.165) is 11.6 Å². The summed E-state index contributed by atoms with van der Waals surface area (Å²) in [7, 11) is 0. The van der Waals surface area contributed by atoms with Gasteiger partial charge in [-0.2, -0.15) is 0 Å². The van der Waals surface area contributed by atoms with Crippen LogP contribution in [0, 0.1) is 17.0 Å². The number of nitro groups is 1. The molecule has 3 aromatic rings. The minimum Gasteiger partial charge on any atom is -0.438 e. The number of nitrogens with zero attached hydrogens (tertiary/aromatic N) is 3. The van der Waals surface area contributed by atoms with Crippen molar-refractivity contribution in [3.05, 3.63) is 52.3 Å². The molecule has 7 nitrogen and oxygen atoms in total. The molecule has 0 aliphatic carbocycles. The van der Waals surface area contributed by atoms with Crippen molar-refractivity contribution in [1.82, 2.24) is 10.1 Å². The molecule has 0 bridgehead atoms. The van der Waals surface area contributed by atoms with Gasteiger partial charge >= 0.3 is 0 Å². The summed E-state index contributed by atoms with van der Waals surface area (Å²) in [5.74, 6) is 0.811. The maximum Gasteiger partial charge on any atom is 0.287 e. The van der Waals surface area contributed by atoms with Crippen molar-refractivity contribution in [1.29, 1.82) is 0 Å². The molecule has 100 valence electrons. The first-order chi connectivity index (χ1) is 9.65. The highest BCUT2D eigenvalue weighted by molar-refractivity contribution is 5.86. The Morgan fingerprint density at radius 3 is 2.85 bits per heavy atom. The molecule has 20 heavy (non-hydrogen) atoms. The number of ether oxygens (including phenoxy) is 1. The van der Waals surface area contributed by atoms with Crippen molar-refractivity contribution < 1.29 is 14.2 Å². The molecule has 0 atom stereocenters. The van der Waals surface area contributed by atoms with E-state index < -0.39 is 4.92 Å². The van der Waals surface area contributed by atoms with Gasteiger partial charge in [0.15, 0.2) is 5.58 Å². The second kappa shape index (κ2) is 4.61. The monoisotopic (exact) mass is 271 g/mol. The lowest BCUT2D eigenvalue weighted by Gasteiger charge is -2.05. The largest absolute Gasteiger partial charge is 0.438 e. The molecular weight excluding hydrogens is 262 g/mol. The zero-order chi connectivity index (χ0) is 14.1. The molecule has 2 heterocycles. The molecule has 0 aliphatic heterocycles. The number of hydrogen-bond acceptors (Lipinski definition) is 6. The topological polar surface area (TPSA) is 91.3 Å². The molecule has 0 saturated heterocycles. The molecule has 0 amide bonds. The summed E-state index contributed by atoms with van der Waals surface area (Å²) >= 11 is 0. The van der Waals surface area contributed by atoms with Gasteiger partial charge in [-0.15, -0.1) is 0 Å². The maximum absolute atomic E-state index is 10.6. The fraction of sp³-hybridized carbons (Fsp3) is 0.0769. The van der Waals surface area contributed by atoms with Crippen LogP contribution in [0.5, 0.6) is 11.6 Å². The minimum atomic E-state index is -0.512. The first-order valence-corrected chi connectivity index (χ1v) is 5.78. The Morgan fingerprint density at radius 1 is 1.30 bits per heavy atom. The van der Waals surface area contributed by atoms with Crippen LogP contribution >= 0.6 is 0 Å². The Bertz CT molecular complexity index is 780. The standard InChI is InChI=1S/C13H9N3O4/c1-8-13-10(3-2-4-11(13)20-15-8)19-12-6-5-9(7-14-12)16(17)18/h2-7H,1H3. The summed E-state index contributed by atoms with van der Waals surface area (Å²) in [6.45, 7) is 1.81. The lowest BCUT2D eigenvalue weighted by Crippen LogP contribution is -1.92. The van der Waals surface area contributed by atoms with Crippen LogP contribution in [0.1, 0.15) is 5.69 Å². The smallest absolute Gasteiger partial charge is 0.287 e. The summed E-state index contributed by atoms with van der Waals surface area (Å²) in [6, 6.07) is 8.09. The van der Waals surface area contributed by atoms with Crippen molar-refractivity contribution in [2.45, 2.75) is 6.92 Å². The van der Waals surface area contributed by atoms with Gasteiger partial charge in [0.2, 0.25) is 5.88 Å². The molecule has 0 N–H and O–H groups in total. The highest BCUT2D eigenvalue weighted by Crippen LogP contribution is 2.31. The summed E-state index contributed by atoms with van der Waals surface area (Å²) < 4.78 is 10.8. The lowest BCUT2D eigenvalue weighted by molar-refractivity contribution is -0.385. The number of hydrogen-bond donors (Lipinski definition) is 0. The van der Waals surface area contributed by atoms with Gasteiger partial charge in [0.05, 0.1) is 16.0 Å². The highest BCUT2D eigenvalue weighted by atomic mass is 16.6. The Balaban J connectivity index is 1.96. The third kappa shape index (κ3) is 2.05. The molecule has 1 aromatic carbocycles. The van der Waals surface area contributed by atoms with E-state index >= 15 is 0 Å². The molecule has 0 unspecified atom stereocenters. The molecule has 7 heteroatoms. The summed E-state index contributed by atoms with van der Waals surface area (Å²) in [4.78, 5) is 13.9. The molecule has 0 radical (unpaired) electrons. The molecule has 0 spiro atoms. The summed E-state index contributed by atoms with van der Waals surface area (Å²) in [6.07, 6.45) is 1.15. The fourth-order valence-corrected chi connectivity index (χ4v) is 1.85. The van der Waals surface area contributed by atoms with Gasteiger partial charge in [0, 0.05) is 12.1 Å². The van der Waals surface area contributed by atoms with Crippen molar-refractivity contribution in [2.75, 3.05) is 0 Å². The predicted octanol–water partition coefficient (Wildman–Crippen LogP) is 3.23. The van der Waals surface area contributed by atoms with E-state index in [9.17, 15) is 10.1 Å². The van der Waals surface area contributed by atoms with Crippen LogP contribution < -0.4 is 4.74 Å². The van der Waals surface area contributed by atoms with Crippen LogP contribution in [0.2, 0.25) is 0 Å². The number of aromatic nitrogens is 2. The summed E-state index contributed by atoms with van der Waals surface area (Å²) in [5.41, 5.74) is 1.23. The Morgan fingerprint density at radius 2 is 2.15 bits per heavy atom. The van der Waals surface area contributed by atoms with Crippen LogP contribution in [-0.4, -0.2) is 15.1 Å². The fourth-order valence-electron chi connectivity index (χ4n) is 1.85. The van der Waals surface area contributed by atoms with Gasteiger partial charge in [-0.1, -0.05) is 11.2 Å². The van der Waals surface area contributed by atoms with Crippen molar-refractivity contribution in [2.24, 2.45) is 0 Å². The van der Waals surface area contributed by atoms with E-state index in [2.05, 4.69) is 10.1 Å². The van der Waals surface area contributed by atoms with Gasteiger partial charge in [0.25, 0.3) is 5.69 Å². The molecule has 0 aliphatic rings. The van der Waals surface area contributed by atoms with Gasteiger partial charge < -0.3 is 9.26 Å². The minimum absolute atomic E-state index is 0.0864. The second-order valence-corrected chi connectivity index (χ2v) is 4.11. The van der Waals surface area contributed by atoms with Gasteiger partial charge in [-0.25, -0.2) is 4.98 Å². The Labute approximate surface area is 112 Å². The first kappa shape index (κ1) is 12.1. The molecule has 2 aromatic heterocycles. The molecule has 0 fully saturated rings. The number of rotatable bonds is 3. The number of fused-ring (bicyclic) bond motifs is 1. The normalized spacial score (nSPS) is 10.7. The number of pyridine rings is 1. The van der Waals surface area contributed by atoms with E-state index in [-0.39, 0.29) is 11.6 Å². The average Bonchev–Trinajstić information content (AvgIpc) is 2.82. The van der Waals surface area contributed by atoms with E-state index in [0.29, 0.717) is 17.0 Å². The highest BCUT2D eigenvalue weighted by Gasteiger charge is 2.12. The van der Waals surface area contributed by atoms with Crippen LogP contribution in [0.15, 0.2) is 41.1 Å². The Kier molecular flexibility index (Phi) is 2.79. The molecular formula is C13H9N3O4. The third-order valence-electron chi connectivity index (χ3n) is 2.78. The van der Waals surface area contributed by atoms with E-state index in [1.54, 1.807) is 18.2 Å².